The number of hydrogen-bond acceptors (Lipinski definition) is 0. The molecule has 0 aromatic heterocycles. The predicted octanol–water partition coefficient (Wildman–Crippen LogP) is 4.76. The summed E-state index contributed by atoms with van der Waals surface area (Å²) >= 11 is 0. The van der Waals surface area contributed by atoms with E-state index in [0.717, 1.165) is 5.92 Å². The van der Waals surface area contributed by atoms with Crippen molar-refractivity contribution in [1.82, 2.24) is 0 Å². The molecule has 0 aliphatic carbocycles. The molecular weight excluding hydrogens is 156 g/mol. The number of rotatable bonds is 9. The topological polar surface area (TPSA) is 0 Å². The van der Waals surface area contributed by atoms with Crippen molar-refractivity contribution in [3.8, 4) is 0 Å². The molecule has 0 saturated heterocycles. The molecule has 0 heterocycles. The van der Waals surface area contributed by atoms with Gasteiger partial charge in [0.25, 0.3) is 0 Å². The summed E-state index contributed by atoms with van der Waals surface area (Å²) in [6.07, 6.45) is 13.7. The standard InChI is InChI=1S/C13H25/c1-4-6-7-8-9-10-12-13(3)11-5-2/h5,8,13H,2,4,6-7,9-12H2,1,3H3. The van der Waals surface area contributed by atoms with Gasteiger partial charge in [-0.1, -0.05) is 58.4 Å². The number of unbranched alkanes of at least 4 members (excludes halogenated alkanes) is 5. The Labute approximate surface area is 84.4 Å². The molecule has 0 saturated carbocycles. The van der Waals surface area contributed by atoms with Crippen molar-refractivity contribution in [2.45, 2.75) is 58.8 Å². The summed E-state index contributed by atoms with van der Waals surface area (Å²) in [7, 11) is 0. The van der Waals surface area contributed by atoms with Crippen molar-refractivity contribution in [3.05, 3.63) is 19.1 Å². The van der Waals surface area contributed by atoms with E-state index in [1.54, 1.807) is 0 Å². The summed E-state index contributed by atoms with van der Waals surface area (Å²) in [5, 5.41) is 0. The first-order valence-electron chi connectivity index (χ1n) is 5.73. The third kappa shape index (κ3) is 9.66. The van der Waals surface area contributed by atoms with Gasteiger partial charge in [0.15, 0.2) is 0 Å². The summed E-state index contributed by atoms with van der Waals surface area (Å²) in [6.45, 7) is 8.32. The molecular formula is C13H25. The lowest BCUT2D eigenvalue weighted by Crippen LogP contribution is -1.92. The fourth-order valence-electron chi connectivity index (χ4n) is 1.51. The molecule has 0 rings (SSSR count). The van der Waals surface area contributed by atoms with E-state index in [2.05, 4.69) is 26.8 Å². The highest BCUT2D eigenvalue weighted by molar-refractivity contribution is 4.71. The van der Waals surface area contributed by atoms with Gasteiger partial charge in [0.1, 0.15) is 0 Å². The van der Waals surface area contributed by atoms with Crippen molar-refractivity contribution in [2.24, 2.45) is 5.92 Å². The Morgan fingerprint density at radius 1 is 1.23 bits per heavy atom. The first kappa shape index (κ1) is 12.7. The number of allylic oxidation sites excluding steroid dienone is 1. The first-order valence-corrected chi connectivity index (χ1v) is 5.73. The lowest BCUT2D eigenvalue weighted by Gasteiger charge is -2.07. The van der Waals surface area contributed by atoms with Crippen molar-refractivity contribution >= 4 is 0 Å². The van der Waals surface area contributed by atoms with E-state index < -0.39 is 0 Å². The van der Waals surface area contributed by atoms with Gasteiger partial charge in [0.2, 0.25) is 0 Å². The number of hydrogen-bond donors (Lipinski definition) is 0. The highest BCUT2D eigenvalue weighted by atomic mass is 14.0. The van der Waals surface area contributed by atoms with Gasteiger partial charge in [-0.05, 0) is 18.8 Å². The Kier molecular flexibility index (Phi) is 9.63. The molecule has 0 aromatic rings. The molecule has 0 amide bonds. The van der Waals surface area contributed by atoms with Crippen LogP contribution in [0.3, 0.4) is 0 Å². The highest BCUT2D eigenvalue weighted by Gasteiger charge is 1.98. The first-order chi connectivity index (χ1) is 6.31. The minimum Gasteiger partial charge on any atom is -0.103 e. The largest absolute Gasteiger partial charge is 0.103 e. The summed E-state index contributed by atoms with van der Waals surface area (Å²) in [4.78, 5) is 0. The molecule has 0 fully saturated rings. The second-order valence-corrected chi connectivity index (χ2v) is 3.99. The van der Waals surface area contributed by atoms with E-state index in [9.17, 15) is 0 Å². The van der Waals surface area contributed by atoms with Crippen LogP contribution in [-0.4, -0.2) is 0 Å². The normalized spacial score (nSPS) is 12.8. The average molecular weight is 181 g/mol. The van der Waals surface area contributed by atoms with Gasteiger partial charge in [0.05, 0.1) is 0 Å². The SMILES string of the molecule is C=CCC(C)CCC[CH]CCCC. The zero-order valence-corrected chi connectivity index (χ0v) is 9.39. The summed E-state index contributed by atoms with van der Waals surface area (Å²) in [5.41, 5.74) is 0. The molecule has 0 N–H and O–H groups in total. The zero-order valence-electron chi connectivity index (χ0n) is 9.39. The van der Waals surface area contributed by atoms with Gasteiger partial charge in [-0.2, -0.15) is 0 Å². The van der Waals surface area contributed by atoms with Crippen molar-refractivity contribution in [1.29, 1.82) is 0 Å². The quantitative estimate of drug-likeness (QED) is 0.355. The molecule has 0 aliphatic heterocycles. The van der Waals surface area contributed by atoms with Crippen LogP contribution in [0.25, 0.3) is 0 Å². The van der Waals surface area contributed by atoms with Crippen LogP contribution in [0, 0.1) is 12.3 Å². The van der Waals surface area contributed by atoms with Crippen LogP contribution in [0.4, 0.5) is 0 Å². The van der Waals surface area contributed by atoms with Crippen molar-refractivity contribution in [3.63, 3.8) is 0 Å². The van der Waals surface area contributed by atoms with Crippen LogP contribution < -0.4 is 0 Å². The van der Waals surface area contributed by atoms with Gasteiger partial charge in [-0.3, -0.25) is 0 Å². The second kappa shape index (κ2) is 9.83. The maximum atomic E-state index is 3.76. The average Bonchev–Trinajstić information content (AvgIpc) is 2.11. The lowest BCUT2D eigenvalue weighted by molar-refractivity contribution is 0.511. The van der Waals surface area contributed by atoms with E-state index in [0.29, 0.717) is 0 Å². The van der Waals surface area contributed by atoms with Gasteiger partial charge in [-0.15, -0.1) is 6.58 Å². The third-order valence-electron chi connectivity index (χ3n) is 2.44. The van der Waals surface area contributed by atoms with Crippen LogP contribution >= 0.6 is 0 Å². The molecule has 0 bridgehead atoms. The van der Waals surface area contributed by atoms with Gasteiger partial charge < -0.3 is 0 Å². The Morgan fingerprint density at radius 2 is 1.92 bits per heavy atom. The monoisotopic (exact) mass is 181 g/mol. The van der Waals surface area contributed by atoms with Crippen molar-refractivity contribution < 1.29 is 0 Å². The van der Waals surface area contributed by atoms with Crippen LogP contribution in [0.2, 0.25) is 0 Å². The van der Waals surface area contributed by atoms with E-state index in [-0.39, 0.29) is 0 Å². The van der Waals surface area contributed by atoms with Crippen LogP contribution in [-0.2, 0) is 0 Å². The van der Waals surface area contributed by atoms with E-state index >= 15 is 0 Å². The fourth-order valence-corrected chi connectivity index (χ4v) is 1.51. The summed E-state index contributed by atoms with van der Waals surface area (Å²) in [6, 6.07) is 0. The van der Waals surface area contributed by atoms with E-state index in [4.69, 9.17) is 0 Å². The van der Waals surface area contributed by atoms with Gasteiger partial charge in [-0.25, -0.2) is 0 Å². The minimum absolute atomic E-state index is 0.831. The van der Waals surface area contributed by atoms with E-state index in [1.807, 2.05) is 6.08 Å². The molecule has 1 unspecified atom stereocenters. The molecule has 1 atom stereocenters. The summed E-state index contributed by atoms with van der Waals surface area (Å²) in [5.74, 6) is 0.831. The molecule has 0 nitrogen and oxygen atoms in total. The molecule has 13 heavy (non-hydrogen) atoms. The Hall–Kier alpha value is -0.260. The summed E-state index contributed by atoms with van der Waals surface area (Å²) < 4.78 is 0. The molecule has 1 radical (unpaired) electrons. The minimum atomic E-state index is 0.831. The maximum absolute atomic E-state index is 3.76. The van der Waals surface area contributed by atoms with Crippen LogP contribution in [0.15, 0.2) is 12.7 Å². The van der Waals surface area contributed by atoms with Crippen LogP contribution in [0.1, 0.15) is 58.8 Å². The second-order valence-electron chi connectivity index (χ2n) is 3.99. The highest BCUT2D eigenvalue weighted by Crippen LogP contribution is 2.14. The van der Waals surface area contributed by atoms with Gasteiger partial charge in [0, 0.05) is 0 Å². The molecule has 0 heteroatoms. The smallest absolute Gasteiger partial charge is 0.0328 e. The van der Waals surface area contributed by atoms with E-state index in [1.165, 1.54) is 44.9 Å². The lowest BCUT2D eigenvalue weighted by atomic mass is 9.99. The third-order valence-corrected chi connectivity index (χ3v) is 2.44. The van der Waals surface area contributed by atoms with Gasteiger partial charge >= 0.3 is 0 Å². The maximum Gasteiger partial charge on any atom is -0.0328 e. The van der Waals surface area contributed by atoms with Crippen LogP contribution in [0.5, 0.6) is 0 Å². The Bertz CT molecular complexity index is 105. The predicted molar refractivity (Wildman–Crippen MR) is 61.7 cm³/mol. The Morgan fingerprint density at radius 3 is 2.54 bits per heavy atom. The van der Waals surface area contributed by atoms with Crippen molar-refractivity contribution in [2.75, 3.05) is 0 Å². The fraction of sp³-hybridized carbons (Fsp3) is 0.769. The molecule has 77 valence electrons. The molecule has 0 aromatic carbocycles. The Balaban J connectivity index is 3.01. The zero-order chi connectivity index (χ0) is 9.94. The molecule has 0 aliphatic rings. The molecule has 0 spiro atoms.